The number of aromatic nitrogens is 1. The van der Waals surface area contributed by atoms with Crippen LogP contribution >= 0.6 is 23.1 Å². The van der Waals surface area contributed by atoms with E-state index >= 15 is 0 Å². The van der Waals surface area contributed by atoms with Crippen molar-refractivity contribution >= 4 is 28.8 Å². The zero-order valence-electron chi connectivity index (χ0n) is 8.25. The van der Waals surface area contributed by atoms with Crippen LogP contribution in [0.4, 0.5) is 5.69 Å². The lowest BCUT2D eigenvalue weighted by atomic mass is 10.2. The highest BCUT2D eigenvalue weighted by Gasteiger charge is 2.18. The van der Waals surface area contributed by atoms with Gasteiger partial charge in [0.15, 0.2) is 5.16 Å². The van der Waals surface area contributed by atoms with Gasteiger partial charge < -0.3 is 0 Å². The molecule has 0 spiro atoms. The Morgan fingerprint density at radius 2 is 2.12 bits per heavy atom. The molecule has 0 N–H and O–H groups in total. The van der Waals surface area contributed by atoms with Gasteiger partial charge in [-0.05, 0) is 34.7 Å². The lowest BCUT2D eigenvalue weighted by Crippen LogP contribution is -1.86. The molecule has 1 aromatic heterocycles. The average molecular weight is 255 g/mol. The van der Waals surface area contributed by atoms with Gasteiger partial charge >= 0.3 is 4.41 Å². The topological polar surface area (TPSA) is 67.3 Å². The predicted molar refractivity (Wildman–Crippen MR) is 62.7 cm³/mol. The fraction of sp³-hybridized carbons (Fsp3) is 0.111. The third-order valence-electron chi connectivity index (χ3n) is 1.87. The number of non-ortho nitro benzene ring substituents is 1. The van der Waals surface area contributed by atoms with Gasteiger partial charge in [-0.15, -0.1) is 0 Å². The Labute approximate surface area is 99.2 Å². The lowest BCUT2D eigenvalue weighted by Gasteiger charge is -1.91. The summed E-state index contributed by atoms with van der Waals surface area (Å²) in [6, 6.07) is 6.23. The maximum atomic E-state index is 10.5. The minimum absolute atomic E-state index is 0.0716. The Morgan fingerprint density at radius 3 is 2.62 bits per heavy atom. The molecule has 2 aromatic rings. The van der Waals surface area contributed by atoms with E-state index < -0.39 is 4.92 Å². The van der Waals surface area contributed by atoms with Crippen molar-refractivity contribution in [2.45, 2.75) is 4.41 Å². The van der Waals surface area contributed by atoms with Crippen LogP contribution in [0.2, 0.25) is 0 Å². The van der Waals surface area contributed by atoms with E-state index in [1.54, 1.807) is 12.1 Å². The van der Waals surface area contributed by atoms with Gasteiger partial charge in [0, 0.05) is 29.0 Å². The van der Waals surface area contributed by atoms with E-state index in [4.69, 9.17) is 4.52 Å². The standard InChI is InChI=1S/C9H7N2O3S2/c1-15-9-14-10-8(16-9)6-2-4-7(5-3-6)11(12)13/h2-5H,1H3/q+1. The number of thioether (sulfide) groups is 1. The van der Waals surface area contributed by atoms with Crippen molar-refractivity contribution in [3.8, 4) is 10.6 Å². The Balaban J connectivity index is 2.30. The first-order chi connectivity index (χ1) is 7.70. The fourth-order valence-electron chi connectivity index (χ4n) is 1.11. The van der Waals surface area contributed by atoms with Crippen LogP contribution in [0.15, 0.2) is 33.2 Å². The zero-order chi connectivity index (χ0) is 11.5. The lowest BCUT2D eigenvalue weighted by molar-refractivity contribution is -0.384. The van der Waals surface area contributed by atoms with Crippen LogP contribution in [-0.2, 0) is 0 Å². The van der Waals surface area contributed by atoms with Gasteiger partial charge in [0.25, 0.3) is 5.69 Å². The van der Waals surface area contributed by atoms with Gasteiger partial charge in [-0.3, -0.25) is 10.1 Å². The van der Waals surface area contributed by atoms with E-state index in [0.717, 1.165) is 15.0 Å². The molecule has 0 aliphatic rings. The summed E-state index contributed by atoms with van der Waals surface area (Å²) >= 11 is 2.89. The van der Waals surface area contributed by atoms with Crippen molar-refractivity contribution < 1.29 is 9.45 Å². The molecule has 1 aromatic carbocycles. The summed E-state index contributed by atoms with van der Waals surface area (Å²) in [6.45, 7) is 0. The Kier molecular flexibility index (Phi) is 3.16. The van der Waals surface area contributed by atoms with Crippen LogP contribution < -0.4 is 0 Å². The molecule has 1 heterocycles. The molecule has 0 radical (unpaired) electrons. The second-order valence-corrected chi connectivity index (χ2v) is 4.85. The first kappa shape index (κ1) is 11.0. The van der Waals surface area contributed by atoms with E-state index in [2.05, 4.69) is 5.16 Å². The molecule has 0 saturated carbocycles. The van der Waals surface area contributed by atoms with Gasteiger partial charge in [-0.1, -0.05) is 0 Å². The smallest absolute Gasteiger partial charge is 0.258 e. The van der Waals surface area contributed by atoms with Gasteiger partial charge in [0.1, 0.15) is 0 Å². The minimum Gasteiger partial charge on any atom is -0.258 e. The summed E-state index contributed by atoms with van der Waals surface area (Å²) in [5.74, 6) is 0. The van der Waals surface area contributed by atoms with Gasteiger partial charge in [0.05, 0.1) is 4.92 Å². The molecule has 0 bridgehead atoms. The highest BCUT2D eigenvalue weighted by Crippen LogP contribution is 2.30. The maximum Gasteiger partial charge on any atom is 0.493 e. The number of nitro groups is 1. The first-order valence-corrected chi connectivity index (χ1v) is 6.33. The number of benzene rings is 1. The van der Waals surface area contributed by atoms with Gasteiger partial charge in [0.2, 0.25) is 5.01 Å². The van der Waals surface area contributed by atoms with Crippen molar-refractivity contribution in [2.75, 3.05) is 6.26 Å². The fourth-order valence-corrected chi connectivity index (χ4v) is 2.35. The summed E-state index contributed by atoms with van der Waals surface area (Å²) < 4.78 is 5.80. The molecule has 7 heteroatoms. The maximum absolute atomic E-state index is 10.5. The zero-order valence-corrected chi connectivity index (χ0v) is 9.88. The molecular weight excluding hydrogens is 248 g/mol. The molecule has 0 unspecified atom stereocenters. The third kappa shape index (κ3) is 2.20. The summed E-state index contributed by atoms with van der Waals surface area (Å²) in [5.41, 5.74) is 0.891. The SMILES string of the molecule is CSc1[o+]nc(-c2ccc([N+](=O)[O-])cc2)s1. The second kappa shape index (κ2) is 4.58. The molecule has 0 aliphatic carbocycles. The average Bonchev–Trinajstić information content (AvgIpc) is 2.77. The Hall–Kier alpha value is -1.47. The molecule has 2 rings (SSSR count). The number of nitrogens with zero attached hydrogens (tertiary/aromatic N) is 2. The number of hydrogen-bond acceptors (Lipinski definition) is 5. The molecule has 16 heavy (non-hydrogen) atoms. The quantitative estimate of drug-likeness (QED) is 0.364. The number of nitro benzene ring substituents is 1. The van der Waals surface area contributed by atoms with E-state index in [-0.39, 0.29) is 5.69 Å². The van der Waals surface area contributed by atoms with Crippen LogP contribution in [0.5, 0.6) is 0 Å². The van der Waals surface area contributed by atoms with E-state index in [1.165, 1.54) is 35.2 Å². The molecule has 0 aliphatic heterocycles. The van der Waals surface area contributed by atoms with E-state index in [0.29, 0.717) is 0 Å². The summed E-state index contributed by atoms with van der Waals surface area (Å²) in [5, 5.41) is 15.1. The third-order valence-corrected chi connectivity index (χ3v) is 3.78. The van der Waals surface area contributed by atoms with Crippen molar-refractivity contribution in [3.05, 3.63) is 34.4 Å². The molecule has 82 valence electrons. The first-order valence-electron chi connectivity index (χ1n) is 4.29. The molecule has 0 saturated heterocycles. The number of hydrogen-bond donors (Lipinski definition) is 0. The summed E-state index contributed by atoms with van der Waals surface area (Å²) in [4.78, 5) is 10.0. The van der Waals surface area contributed by atoms with Crippen LogP contribution in [0.25, 0.3) is 10.6 Å². The van der Waals surface area contributed by atoms with Crippen molar-refractivity contribution in [3.63, 3.8) is 0 Å². The second-order valence-electron chi connectivity index (χ2n) is 2.85. The Bertz CT molecular complexity index is 510. The minimum atomic E-state index is -0.427. The van der Waals surface area contributed by atoms with Crippen molar-refractivity contribution in [1.29, 1.82) is 0 Å². The molecule has 0 fully saturated rings. The van der Waals surface area contributed by atoms with Crippen molar-refractivity contribution in [2.24, 2.45) is 0 Å². The highest BCUT2D eigenvalue weighted by molar-refractivity contribution is 8.00. The van der Waals surface area contributed by atoms with E-state index in [9.17, 15) is 10.1 Å². The normalized spacial score (nSPS) is 10.3. The molecule has 0 atom stereocenters. The molecule has 5 nitrogen and oxygen atoms in total. The monoisotopic (exact) mass is 255 g/mol. The van der Waals surface area contributed by atoms with Crippen LogP contribution in [0.1, 0.15) is 0 Å². The van der Waals surface area contributed by atoms with Crippen LogP contribution in [-0.4, -0.2) is 16.3 Å². The number of rotatable bonds is 3. The van der Waals surface area contributed by atoms with Crippen LogP contribution in [0.3, 0.4) is 0 Å². The highest BCUT2D eigenvalue weighted by atomic mass is 32.2. The summed E-state index contributed by atoms with van der Waals surface area (Å²) in [7, 11) is 0. The Morgan fingerprint density at radius 1 is 1.44 bits per heavy atom. The summed E-state index contributed by atoms with van der Waals surface area (Å²) in [6.07, 6.45) is 1.90. The van der Waals surface area contributed by atoms with Gasteiger partial charge in [-0.25, -0.2) is 0 Å². The molecule has 0 amide bonds. The van der Waals surface area contributed by atoms with Crippen molar-refractivity contribution in [1.82, 2.24) is 5.16 Å². The largest absolute Gasteiger partial charge is 0.493 e. The van der Waals surface area contributed by atoms with Gasteiger partial charge in [-0.2, -0.15) is 0 Å². The van der Waals surface area contributed by atoms with E-state index in [1.807, 2.05) is 6.26 Å². The predicted octanol–water partition coefficient (Wildman–Crippen LogP) is 3.31. The van der Waals surface area contributed by atoms with Crippen LogP contribution in [0, 0.1) is 10.1 Å². The molecular formula is C9H7N2O3S2+.